The third-order valence-electron chi connectivity index (χ3n) is 8.36. The molecule has 0 saturated heterocycles. The molecule has 4 heteroatoms. The van der Waals surface area contributed by atoms with E-state index < -0.39 is 11.8 Å². The Balaban J connectivity index is 1.23. The van der Waals surface area contributed by atoms with E-state index in [1.165, 1.54) is 71.3 Å². The number of halogens is 1. The van der Waals surface area contributed by atoms with Gasteiger partial charge < -0.3 is 9.47 Å². The van der Waals surface area contributed by atoms with Crippen molar-refractivity contribution < 1.29 is 18.7 Å². The van der Waals surface area contributed by atoms with E-state index in [2.05, 4.69) is 6.92 Å². The fourth-order valence-corrected chi connectivity index (χ4v) is 6.40. The Morgan fingerprint density at radius 1 is 0.935 bits per heavy atom. The Bertz CT molecular complexity index is 745. The molecule has 3 aliphatic rings. The van der Waals surface area contributed by atoms with E-state index in [-0.39, 0.29) is 17.4 Å². The molecule has 4 rings (SSSR count). The Hall–Kier alpha value is -1.58. The van der Waals surface area contributed by atoms with E-state index in [4.69, 9.17) is 9.47 Å². The topological polar surface area (TPSA) is 35.5 Å². The summed E-state index contributed by atoms with van der Waals surface area (Å²) in [7, 11) is 1.41. The Labute approximate surface area is 187 Å². The summed E-state index contributed by atoms with van der Waals surface area (Å²) >= 11 is 0. The van der Waals surface area contributed by atoms with Gasteiger partial charge in [0.2, 0.25) is 0 Å². The largest absolute Gasteiger partial charge is 0.494 e. The van der Waals surface area contributed by atoms with Crippen LogP contribution in [0.2, 0.25) is 0 Å². The lowest BCUT2D eigenvalue weighted by Gasteiger charge is -2.36. The molecule has 3 nitrogen and oxygen atoms in total. The molecule has 0 spiro atoms. The molecule has 0 amide bonds. The molecular weight excluding hydrogens is 391 g/mol. The molecule has 1 unspecified atom stereocenters. The van der Waals surface area contributed by atoms with Gasteiger partial charge in [-0.1, -0.05) is 77.2 Å². The average Bonchev–Trinajstić information content (AvgIpc) is 2.79. The monoisotopic (exact) mass is 430 g/mol. The van der Waals surface area contributed by atoms with Crippen molar-refractivity contribution in [2.75, 3.05) is 7.11 Å². The molecule has 172 valence electrons. The zero-order valence-electron chi connectivity index (χ0n) is 19.3. The second-order valence-electron chi connectivity index (χ2n) is 10.3. The van der Waals surface area contributed by atoms with E-state index in [0.29, 0.717) is 12.3 Å². The number of hydrogen-bond donors (Lipinski definition) is 0. The number of carbonyl (C=O) groups excluding carboxylic acids is 1. The molecule has 0 bridgehead atoms. The number of benzene rings is 1. The van der Waals surface area contributed by atoms with Crippen LogP contribution in [0.5, 0.6) is 5.75 Å². The fourth-order valence-electron chi connectivity index (χ4n) is 6.40. The number of fused-ring (bicyclic) bond motifs is 1. The second-order valence-corrected chi connectivity index (χ2v) is 10.3. The normalized spacial score (nSPS) is 31.1. The fraction of sp³-hybridized carbons (Fsp3) is 0.741. The third kappa shape index (κ3) is 5.26. The van der Waals surface area contributed by atoms with E-state index in [9.17, 15) is 9.18 Å². The van der Waals surface area contributed by atoms with Gasteiger partial charge in [0, 0.05) is 6.42 Å². The highest BCUT2D eigenvalue weighted by Gasteiger charge is 2.36. The highest BCUT2D eigenvalue weighted by molar-refractivity contribution is 5.93. The van der Waals surface area contributed by atoms with Crippen LogP contribution in [0.15, 0.2) is 12.1 Å². The Kier molecular flexibility index (Phi) is 7.55. The summed E-state index contributed by atoms with van der Waals surface area (Å²) in [4.78, 5) is 12.5. The van der Waals surface area contributed by atoms with Gasteiger partial charge in [0.1, 0.15) is 11.7 Å². The van der Waals surface area contributed by atoms with Gasteiger partial charge in [-0.2, -0.15) is 0 Å². The minimum Gasteiger partial charge on any atom is -0.494 e. The van der Waals surface area contributed by atoms with Crippen LogP contribution in [-0.4, -0.2) is 19.2 Å². The Morgan fingerprint density at radius 2 is 1.52 bits per heavy atom. The molecule has 0 aromatic heterocycles. The van der Waals surface area contributed by atoms with Gasteiger partial charge in [0.15, 0.2) is 11.6 Å². The van der Waals surface area contributed by atoms with E-state index >= 15 is 0 Å². The zero-order chi connectivity index (χ0) is 21.8. The van der Waals surface area contributed by atoms with Gasteiger partial charge >= 0.3 is 5.97 Å². The quantitative estimate of drug-likeness (QED) is 0.432. The van der Waals surface area contributed by atoms with Crippen LogP contribution in [0.1, 0.15) is 99.9 Å². The van der Waals surface area contributed by atoms with Crippen LogP contribution in [0, 0.1) is 29.5 Å². The maximum atomic E-state index is 14.5. The summed E-state index contributed by atoms with van der Waals surface area (Å²) in [6.07, 6.45) is 16.6. The van der Waals surface area contributed by atoms with Crippen molar-refractivity contribution >= 4 is 5.97 Å². The van der Waals surface area contributed by atoms with Crippen LogP contribution in [0.25, 0.3) is 0 Å². The van der Waals surface area contributed by atoms with Crippen molar-refractivity contribution in [1.82, 2.24) is 0 Å². The Morgan fingerprint density at radius 3 is 2.10 bits per heavy atom. The van der Waals surface area contributed by atoms with Gasteiger partial charge in [-0.05, 0) is 48.1 Å². The molecule has 1 aromatic carbocycles. The molecular formula is C27H39FO3. The molecule has 1 heterocycles. The van der Waals surface area contributed by atoms with Gasteiger partial charge in [-0.3, -0.25) is 0 Å². The number of carbonyl (C=O) groups is 1. The van der Waals surface area contributed by atoms with E-state index in [1.54, 1.807) is 6.07 Å². The van der Waals surface area contributed by atoms with E-state index in [1.807, 2.05) is 6.07 Å². The van der Waals surface area contributed by atoms with Crippen LogP contribution < -0.4 is 4.74 Å². The molecule has 1 aromatic rings. The number of esters is 1. The molecule has 0 radical (unpaired) electrons. The smallest absolute Gasteiger partial charge is 0.341 e. The maximum absolute atomic E-state index is 14.5. The van der Waals surface area contributed by atoms with Gasteiger partial charge in [0.05, 0.1) is 7.11 Å². The number of hydrogen-bond acceptors (Lipinski definition) is 3. The predicted molar refractivity (Wildman–Crippen MR) is 121 cm³/mol. The molecule has 1 atom stereocenters. The SMILES string of the molecule is CCCC1CCC(CCC2CCC(C3Cc4ccc(OC)c(F)c4C(=O)O3)CC2)CC1. The highest BCUT2D eigenvalue weighted by Crippen LogP contribution is 2.40. The first-order valence-corrected chi connectivity index (χ1v) is 12.6. The minimum absolute atomic E-state index is 0.0675. The molecule has 2 fully saturated rings. The minimum atomic E-state index is -0.587. The lowest BCUT2D eigenvalue weighted by atomic mass is 9.73. The van der Waals surface area contributed by atoms with Gasteiger partial charge in [-0.25, -0.2) is 9.18 Å². The van der Waals surface area contributed by atoms with Gasteiger partial charge in [0.25, 0.3) is 0 Å². The van der Waals surface area contributed by atoms with Crippen molar-refractivity contribution in [2.45, 2.75) is 96.5 Å². The second kappa shape index (κ2) is 10.4. The van der Waals surface area contributed by atoms with Crippen LogP contribution >= 0.6 is 0 Å². The summed E-state index contributed by atoms with van der Waals surface area (Å²) in [6.45, 7) is 2.31. The molecule has 31 heavy (non-hydrogen) atoms. The summed E-state index contributed by atoms with van der Waals surface area (Å²) < 4.78 is 25.2. The average molecular weight is 431 g/mol. The summed E-state index contributed by atoms with van der Waals surface area (Å²) in [6, 6.07) is 3.45. The van der Waals surface area contributed by atoms with Crippen molar-refractivity contribution in [3.05, 3.63) is 29.1 Å². The summed E-state index contributed by atoms with van der Waals surface area (Å²) in [5.41, 5.74) is 0.832. The van der Waals surface area contributed by atoms with Crippen molar-refractivity contribution in [3.63, 3.8) is 0 Å². The maximum Gasteiger partial charge on any atom is 0.341 e. The van der Waals surface area contributed by atoms with E-state index in [0.717, 1.165) is 36.2 Å². The third-order valence-corrected chi connectivity index (χ3v) is 8.36. The van der Waals surface area contributed by atoms with Crippen molar-refractivity contribution in [3.8, 4) is 5.75 Å². The standard InChI is InChI=1S/C27H39FO3/c1-3-4-18-5-7-19(8-6-18)9-10-20-11-13-21(14-12-20)24-17-22-15-16-23(30-2)26(28)25(22)27(29)31-24/h15-16,18-21,24H,3-14,17H2,1-2H3. The van der Waals surface area contributed by atoms with Crippen molar-refractivity contribution in [2.24, 2.45) is 23.7 Å². The zero-order valence-corrected chi connectivity index (χ0v) is 19.3. The first-order chi connectivity index (χ1) is 15.1. The highest BCUT2D eigenvalue weighted by atomic mass is 19.1. The molecule has 0 N–H and O–H groups in total. The predicted octanol–water partition coefficient (Wildman–Crippen LogP) is 7.11. The molecule has 2 aliphatic carbocycles. The first kappa shape index (κ1) is 22.6. The summed E-state index contributed by atoms with van der Waals surface area (Å²) in [5.74, 6) is 2.18. The van der Waals surface area contributed by atoms with Crippen LogP contribution in [-0.2, 0) is 11.2 Å². The number of cyclic esters (lactones) is 1. The lowest BCUT2D eigenvalue weighted by Crippen LogP contribution is -2.36. The number of ether oxygens (including phenoxy) is 2. The van der Waals surface area contributed by atoms with Gasteiger partial charge in [-0.15, -0.1) is 0 Å². The summed E-state index contributed by atoms with van der Waals surface area (Å²) in [5, 5.41) is 0. The molecule has 1 aliphatic heterocycles. The first-order valence-electron chi connectivity index (χ1n) is 12.6. The lowest BCUT2D eigenvalue weighted by molar-refractivity contribution is -0.00121. The van der Waals surface area contributed by atoms with Crippen LogP contribution in [0.3, 0.4) is 0 Å². The van der Waals surface area contributed by atoms with Crippen LogP contribution in [0.4, 0.5) is 4.39 Å². The number of rotatable bonds is 7. The number of methoxy groups -OCH3 is 1. The molecule has 2 saturated carbocycles. The van der Waals surface area contributed by atoms with Crippen molar-refractivity contribution in [1.29, 1.82) is 0 Å².